The zero-order valence-electron chi connectivity index (χ0n) is 25.1. The van der Waals surface area contributed by atoms with Gasteiger partial charge in [-0.05, 0) is 23.8 Å². The number of nitrogens with zero attached hydrogens (tertiary/aromatic N) is 5. The first kappa shape index (κ1) is 27.2. The van der Waals surface area contributed by atoms with Crippen molar-refractivity contribution in [2.24, 2.45) is 0 Å². The highest BCUT2D eigenvalue weighted by Crippen LogP contribution is 2.42. The molecule has 0 spiro atoms. The van der Waals surface area contributed by atoms with Gasteiger partial charge in [-0.2, -0.15) is 8.75 Å². The van der Waals surface area contributed by atoms with Crippen molar-refractivity contribution in [3.05, 3.63) is 152 Å². The molecule has 0 aliphatic carbocycles. The van der Waals surface area contributed by atoms with Crippen LogP contribution in [0.2, 0.25) is 0 Å². The van der Waals surface area contributed by atoms with E-state index in [0.717, 1.165) is 83.2 Å². The summed E-state index contributed by atoms with van der Waals surface area (Å²) in [6, 6.07) is 51.9. The fraction of sp³-hybridized carbons (Fsp3) is 0. The molecule has 5 nitrogen and oxygen atoms in total. The Bertz CT molecular complexity index is 2490. The standard InChI is InChI=1S/C41H25N5S/c1-5-13-26(14-6-1)37-32-23-24-33-40(46-47-45-33)36(32)31-22-21-30(25-34(31)42-37)35-38(27-15-7-2-8-16-27)43-41(29-19-11-4-12-20-29)44-39(35)28-17-9-3-10-18-28/h1-25H. The minimum atomic E-state index is 0.682. The van der Waals surface area contributed by atoms with Crippen molar-refractivity contribution < 1.29 is 0 Å². The van der Waals surface area contributed by atoms with Gasteiger partial charge in [0.2, 0.25) is 0 Å². The normalized spacial score (nSPS) is 11.4. The van der Waals surface area contributed by atoms with E-state index in [1.54, 1.807) is 0 Å². The molecule has 0 fully saturated rings. The van der Waals surface area contributed by atoms with E-state index in [4.69, 9.17) is 19.3 Å². The van der Waals surface area contributed by atoms with Crippen LogP contribution in [-0.2, 0) is 0 Å². The molecule has 9 rings (SSSR count). The van der Waals surface area contributed by atoms with E-state index in [2.05, 4.69) is 114 Å². The molecule has 0 saturated carbocycles. The molecule has 0 aliphatic heterocycles. The third-order valence-electron chi connectivity index (χ3n) is 8.55. The lowest BCUT2D eigenvalue weighted by atomic mass is 9.92. The summed E-state index contributed by atoms with van der Waals surface area (Å²) in [7, 11) is 0. The molecule has 0 N–H and O–H groups in total. The Labute approximate surface area is 275 Å². The molecule has 0 aliphatic rings. The Morgan fingerprint density at radius 3 is 1.51 bits per heavy atom. The second-order valence-electron chi connectivity index (χ2n) is 11.4. The summed E-state index contributed by atoms with van der Waals surface area (Å²) in [5.74, 6) is 0.682. The van der Waals surface area contributed by atoms with Crippen LogP contribution in [0.3, 0.4) is 0 Å². The largest absolute Gasteiger partial charge is 0.247 e. The van der Waals surface area contributed by atoms with E-state index >= 15 is 0 Å². The first-order chi connectivity index (χ1) is 23.3. The van der Waals surface area contributed by atoms with Gasteiger partial charge in [0.15, 0.2) is 5.82 Å². The Hall–Kier alpha value is -6.11. The highest BCUT2D eigenvalue weighted by atomic mass is 32.1. The number of hydrogen-bond donors (Lipinski definition) is 0. The Balaban J connectivity index is 1.38. The number of aromatic nitrogens is 5. The van der Waals surface area contributed by atoms with E-state index in [9.17, 15) is 0 Å². The second-order valence-corrected chi connectivity index (χ2v) is 11.9. The van der Waals surface area contributed by atoms with Gasteiger partial charge < -0.3 is 0 Å². The highest BCUT2D eigenvalue weighted by Gasteiger charge is 2.22. The first-order valence-electron chi connectivity index (χ1n) is 15.4. The van der Waals surface area contributed by atoms with Crippen LogP contribution in [0.15, 0.2) is 152 Å². The van der Waals surface area contributed by atoms with Crippen LogP contribution in [-0.4, -0.2) is 23.7 Å². The lowest BCUT2D eigenvalue weighted by Gasteiger charge is -2.18. The fourth-order valence-electron chi connectivity index (χ4n) is 6.37. The predicted molar refractivity (Wildman–Crippen MR) is 193 cm³/mol. The summed E-state index contributed by atoms with van der Waals surface area (Å²) in [6.07, 6.45) is 0. The number of pyridine rings is 1. The van der Waals surface area contributed by atoms with Gasteiger partial charge in [-0.1, -0.05) is 133 Å². The topological polar surface area (TPSA) is 64.5 Å². The summed E-state index contributed by atoms with van der Waals surface area (Å²) < 4.78 is 9.30. The van der Waals surface area contributed by atoms with Gasteiger partial charge in [-0.15, -0.1) is 0 Å². The number of fused-ring (bicyclic) bond motifs is 5. The molecule has 0 atom stereocenters. The zero-order chi connectivity index (χ0) is 31.2. The summed E-state index contributed by atoms with van der Waals surface area (Å²) >= 11 is 1.24. The van der Waals surface area contributed by atoms with Crippen LogP contribution >= 0.6 is 11.7 Å². The van der Waals surface area contributed by atoms with Crippen LogP contribution in [0, 0.1) is 0 Å². The lowest BCUT2D eigenvalue weighted by Crippen LogP contribution is -2.01. The highest BCUT2D eigenvalue weighted by molar-refractivity contribution is 7.00. The van der Waals surface area contributed by atoms with Crippen molar-refractivity contribution in [2.75, 3.05) is 0 Å². The van der Waals surface area contributed by atoms with Crippen molar-refractivity contribution in [1.29, 1.82) is 0 Å². The molecule has 0 bridgehead atoms. The third-order valence-corrected chi connectivity index (χ3v) is 9.10. The Morgan fingerprint density at radius 2 is 0.915 bits per heavy atom. The molecule has 220 valence electrons. The molecule has 47 heavy (non-hydrogen) atoms. The van der Waals surface area contributed by atoms with E-state index in [1.165, 1.54) is 11.7 Å². The maximum atomic E-state index is 5.34. The quantitative estimate of drug-likeness (QED) is 0.179. The molecule has 0 radical (unpaired) electrons. The van der Waals surface area contributed by atoms with Gasteiger partial charge in [0, 0.05) is 44.0 Å². The maximum absolute atomic E-state index is 5.34. The SMILES string of the molecule is c1ccc(-c2nc(-c3ccccc3)c(-c3ccc4c(c3)nc(-c3ccccc3)c3ccc5nsnc5c34)c(-c3ccccc3)n2)cc1. The molecular formula is C41H25N5S. The van der Waals surface area contributed by atoms with Gasteiger partial charge in [0.1, 0.15) is 11.0 Å². The van der Waals surface area contributed by atoms with Gasteiger partial charge in [-0.3, -0.25) is 0 Å². The van der Waals surface area contributed by atoms with Crippen molar-refractivity contribution in [1.82, 2.24) is 23.7 Å². The van der Waals surface area contributed by atoms with Crippen molar-refractivity contribution >= 4 is 44.4 Å². The van der Waals surface area contributed by atoms with Crippen LogP contribution in [0.4, 0.5) is 0 Å². The van der Waals surface area contributed by atoms with Gasteiger partial charge in [0.25, 0.3) is 0 Å². The minimum Gasteiger partial charge on any atom is -0.247 e. The summed E-state index contributed by atoms with van der Waals surface area (Å²) in [5, 5.41) is 3.15. The van der Waals surface area contributed by atoms with Crippen molar-refractivity contribution in [3.8, 4) is 56.3 Å². The smallest absolute Gasteiger partial charge is 0.160 e. The maximum Gasteiger partial charge on any atom is 0.160 e. The molecule has 0 amide bonds. The zero-order valence-corrected chi connectivity index (χ0v) is 25.9. The average Bonchev–Trinajstić information content (AvgIpc) is 3.64. The third kappa shape index (κ3) is 4.74. The van der Waals surface area contributed by atoms with E-state index in [-0.39, 0.29) is 0 Å². The van der Waals surface area contributed by atoms with E-state index in [0.29, 0.717) is 5.82 Å². The molecule has 0 unspecified atom stereocenters. The number of benzene rings is 6. The number of hydrogen-bond acceptors (Lipinski definition) is 6. The molecule has 3 heterocycles. The van der Waals surface area contributed by atoms with Crippen LogP contribution in [0.25, 0.3) is 89.0 Å². The molecular weight excluding hydrogens is 595 g/mol. The average molecular weight is 620 g/mol. The first-order valence-corrected chi connectivity index (χ1v) is 16.2. The Kier molecular flexibility index (Phi) is 6.58. The molecule has 0 saturated heterocycles. The minimum absolute atomic E-state index is 0.682. The summed E-state index contributed by atoms with van der Waals surface area (Å²) in [6.45, 7) is 0. The van der Waals surface area contributed by atoms with Gasteiger partial charge in [-0.25, -0.2) is 15.0 Å². The fourth-order valence-corrected chi connectivity index (χ4v) is 6.91. The number of rotatable bonds is 5. The van der Waals surface area contributed by atoms with Gasteiger partial charge in [0.05, 0.1) is 34.3 Å². The Morgan fingerprint density at radius 1 is 0.383 bits per heavy atom. The summed E-state index contributed by atoms with van der Waals surface area (Å²) in [5.41, 5.74) is 11.3. The van der Waals surface area contributed by atoms with Crippen molar-refractivity contribution in [3.63, 3.8) is 0 Å². The molecule has 6 heteroatoms. The monoisotopic (exact) mass is 619 g/mol. The van der Waals surface area contributed by atoms with Gasteiger partial charge >= 0.3 is 0 Å². The van der Waals surface area contributed by atoms with Crippen LogP contribution < -0.4 is 0 Å². The predicted octanol–water partition coefficient (Wildman–Crippen LogP) is 10.5. The molecule has 6 aromatic carbocycles. The van der Waals surface area contributed by atoms with E-state index in [1.807, 2.05) is 42.5 Å². The lowest BCUT2D eigenvalue weighted by molar-refractivity contribution is 1.18. The molecule has 3 aromatic heterocycles. The van der Waals surface area contributed by atoms with Crippen LogP contribution in [0.1, 0.15) is 0 Å². The van der Waals surface area contributed by atoms with Crippen molar-refractivity contribution in [2.45, 2.75) is 0 Å². The summed E-state index contributed by atoms with van der Waals surface area (Å²) in [4.78, 5) is 15.8. The van der Waals surface area contributed by atoms with Crippen LogP contribution in [0.5, 0.6) is 0 Å². The molecule has 9 aromatic rings. The second kappa shape index (κ2) is 11.4. The van der Waals surface area contributed by atoms with E-state index < -0.39 is 0 Å².